The summed E-state index contributed by atoms with van der Waals surface area (Å²) in [5.41, 5.74) is 0.372. The molecule has 0 saturated carbocycles. The summed E-state index contributed by atoms with van der Waals surface area (Å²) < 4.78 is 20.3. The van der Waals surface area contributed by atoms with E-state index in [2.05, 4.69) is 4.98 Å². The van der Waals surface area contributed by atoms with Crippen LogP contribution in [0.2, 0.25) is 5.02 Å². The van der Waals surface area contributed by atoms with E-state index in [1.165, 1.54) is 12.1 Å². The fraction of sp³-hybridized carbons (Fsp3) is 0.333. The molecule has 22 heavy (non-hydrogen) atoms. The van der Waals surface area contributed by atoms with Crippen LogP contribution >= 0.6 is 11.6 Å². The summed E-state index contributed by atoms with van der Waals surface area (Å²) in [4.78, 5) is 17.9. The van der Waals surface area contributed by atoms with E-state index in [0.717, 1.165) is 5.82 Å². The Kier molecular flexibility index (Phi) is 3.78. The van der Waals surface area contributed by atoms with E-state index in [4.69, 9.17) is 16.3 Å². The Morgan fingerprint density at radius 1 is 1.45 bits per heavy atom. The molecule has 0 fully saturated rings. The van der Waals surface area contributed by atoms with Gasteiger partial charge in [0.25, 0.3) is 0 Å². The minimum absolute atomic E-state index is 0.0386. The summed E-state index contributed by atoms with van der Waals surface area (Å²) >= 11 is 5.73. The van der Waals surface area contributed by atoms with Crippen molar-refractivity contribution in [2.75, 3.05) is 11.9 Å². The molecule has 5 nitrogen and oxygen atoms in total. The standard InChI is InChI=1S/C15H15ClFN3O2/c1-9-7-20-14(19(9)2)6-13(18-15(20)21)22-8-10-3-4-12(17)11(16)5-10/h3-6,9H,7-8H2,1-2H3. The summed E-state index contributed by atoms with van der Waals surface area (Å²) in [6.07, 6.45) is 0. The third-order valence-electron chi connectivity index (χ3n) is 3.81. The van der Waals surface area contributed by atoms with Gasteiger partial charge in [-0.25, -0.2) is 9.18 Å². The van der Waals surface area contributed by atoms with Crippen LogP contribution in [0.15, 0.2) is 29.1 Å². The minimum Gasteiger partial charge on any atom is -0.473 e. The molecule has 1 aromatic heterocycles. The summed E-state index contributed by atoms with van der Waals surface area (Å²) in [7, 11) is 1.92. The van der Waals surface area contributed by atoms with Gasteiger partial charge in [0.15, 0.2) is 0 Å². The molecule has 1 aliphatic heterocycles. The molecule has 0 radical (unpaired) electrons. The predicted molar refractivity (Wildman–Crippen MR) is 82.1 cm³/mol. The molecular formula is C15H15ClFN3O2. The van der Waals surface area contributed by atoms with Crippen LogP contribution in [-0.4, -0.2) is 22.6 Å². The molecule has 2 heterocycles. The zero-order chi connectivity index (χ0) is 15.9. The van der Waals surface area contributed by atoms with Crippen molar-refractivity contribution in [3.8, 4) is 5.88 Å². The molecule has 1 aliphatic rings. The maximum atomic E-state index is 13.1. The molecular weight excluding hydrogens is 309 g/mol. The molecule has 0 bridgehead atoms. The molecule has 7 heteroatoms. The van der Waals surface area contributed by atoms with E-state index in [0.29, 0.717) is 12.1 Å². The largest absolute Gasteiger partial charge is 0.473 e. The van der Waals surface area contributed by atoms with E-state index in [1.807, 2.05) is 18.9 Å². The molecule has 0 amide bonds. The zero-order valence-electron chi connectivity index (χ0n) is 12.2. The molecule has 3 rings (SSSR count). The highest BCUT2D eigenvalue weighted by atomic mass is 35.5. The van der Waals surface area contributed by atoms with Crippen molar-refractivity contribution in [1.29, 1.82) is 0 Å². The number of ether oxygens (including phenoxy) is 1. The van der Waals surface area contributed by atoms with Crippen LogP contribution in [0.3, 0.4) is 0 Å². The Labute approximate surface area is 131 Å². The second-order valence-corrected chi connectivity index (χ2v) is 5.75. The smallest absolute Gasteiger partial charge is 0.352 e. The first-order valence-electron chi connectivity index (χ1n) is 6.87. The highest BCUT2D eigenvalue weighted by molar-refractivity contribution is 6.30. The molecule has 2 aromatic rings. The van der Waals surface area contributed by atoms with E-state index >= 15 is 0 Å². The van der Waals surface area contributed by atoms with Crippen molar-refractivity contribution < 1.29 is 9.13 Å². The molecule has 116 valence electrons. The summed E-state index contributed by atoms with van der Waals surface area (Å²) in [5.74, 6) is 0.548. The number of fused-ring (bicyclic) bond motifs is 1. The molecule has 0 N–H and O–H groups in total. The number of aromatic nitrogens is 2. The molecule has 0 aliphatic carbocycles. The van der Waals surface area contributed by atoms with Crippen LogP contribution in [0.4, 0.5) is 10.2 Å². The van der Waals surface area contributed by atoms with Gasteiger partial charge in [-0.3, -0.25) is 4.57 Å². The van der Waals surface area contributed by atoms with Gasteiger partial charge in [-0.05, 0) is 24.6 Å². The van der Waals surface area contributed by atoms with E-state index in [1.54, 1.807) is 16.7 Å². The van der Waals surface area contributed by atoms with Gasteiger partial charge in [-0.1, -0.05) is 17.7 Å². The molecule has 0 saturated heterocycles. The van der Waals surface area contributed by atoms with Crippen molar-refractivity contribution in [1.82, 2.24) is 9.55 Å². The third-order valence-corrected chi connectivity index (χ3v) is 4.10. The summed E-state index contributed by atoms with van der Waals surface area (Å²) in [6, 6.07) is 6.32. The first-order valence-corrected chi connectivity index (χ1v) is 7.25. The number of halogens is 2. The van der Waals surface area contributed by atoms with Crippen molar-refractivity contribution in [2.24, 2.45) is 0 Å². The number of anilines is 1. The van der Waals surface area contributed by atoms with Crippen LogP contribution in [0.1, 0.15) is 12.5 Å². The van der Waals surface area contributed by atoms with Gasteiger partial charge in [0.1, 0.15) is 18.2 Å². The molecule has 1 aromatic carbocycles. The highest BCUT2D eigenvalue weighted by Gasteiger charge is 2.25. The lowest BCUT2D eigenvalue weighted by Crippen LogP contribution is -2.23. The van der Waals surface area contributed by atoms with Crippen molar-refractivity contribution in [3.63, 3.8) is 0 Å². The maximum Gasteiger partial charge on any atom is 0.352 e. The van der Waals surface area contributed by atoms with Gasteiger partial charge in [-0.2, -0.15) is 4.98 Å². The van der Waals surface area contributed by atoms with Crippen LogP contribution in [0.5, 0.6) is 5.88 Å². The number of likely N-dealkylation sites (N-methyl/N-ethyl adjacent to an activating group) is 1. The summed E-state index contributed by atoms with van der Waals surface area (Å²) in [5, 5.41) is 0.0386. The van der Waals surface area contributed by atoms with E-state index < -0.39 is 5.82 Å². The topological polar surface area (TPSA) is 47.4 Å². The molecule has 1 atom stereocenters. The molecule has 1 unspecified atom stereocenters. The van der Waals surface area contributed by atoms with E-state index in [-0.39, 0.29) is 29.2 Å². The second-order valence-electron chi connectivity index (χ2n) is 5.34. The number of nitrogens with zero attached hydrogens (tertiary/aromatic N) is 3. The van der Waals surface area contributed by atoms with Crippen LogP contribution < -0.4 is 15.3 Å². The Bertz CT molecular complexity index is 778. The second kappa shape index (κ2) is 5.61. The normalized spacial score (nSPS) is 16.7. The Morgan fingerprint density at radius 2 is 2.23 bits per heavy atom. The quantitative estimate of drug-likeness (QED) is 0.870. The SMILES string of the molecule is CC1Cn2c(cc(OCc3ccc(F)c(Cl)c3)nc2=O)N1C. The fourth-order valence-corrected chi connectivity index (χ4v) is 2.61. The average Bonchev–Trinajstić information content (AvgIpc) is 2.77. The Morgan fingerprint density at radius 3 is 2.95 bits per heavy atom. The van der Waals surface area contributed by atoms with Gasteiger partial charge in [0, 0.05) is 25.7 Å². The monoisotopic (exact) mass is 323 g/mol. The lowest BCUT2D eigenvalue weighted by Gasteiger charge is -2.16. The lowest BCUT2D eigenvalue weighted by atomic mass is 10.2. The third kappa shape index (κ3) is 2.66. The number of rotatable bonds is 3. The van der Waals surface area contributed by atoms with Gasteiger partial charge in [0.2, 0.25) is 5.88 Å². The highest BCUT2D eigenvalue weighted by Crippen LogP contribution is 2.25. The van der Waals surface area contributed by atoms with Gasteiger partial charge < -0.3 is 9.64 Å². The summed E-state index contributed by atoms with van der Waals surface area (Å²) in [6.45, 7) is 2.81. The van der Waals surface area contributed by atoms with E-state index in [9.17, 15) is 9.18 Å². The Balaban J connectivity index is 1.81. The Hall–Kier alpha value is -2.08. The van der Waals surface area contributed by atoms with Gasteiger partial charge >= 0.3 is 5.69 Å². The maximum absolute atomic E-state index is 13.1. The first kappa shape index (κ1) is 14.8. The van der Waals surface area contributed by atoms with Crippen LogP contribution in [-0.2, 0) is 13.2 Å². The predicted octanol–water partition coefficient (Wildman–Crippen LogP) is 2.45. The fourth-order valence-electron chi connectivity index (χ4n) is 2.41. The van der Waals surface area contributed by atoms with Crippen molar-refractivity contribution in [3.05, 3.63) is 51.2 Å². The van der Waals surface area contributed by atoms with Crippen molar-refractivity contribution >= 4 is 17.4 Å². The van der Waals surface area contributed by atoms with Crippen LogP contribution in [0.25, 0.3) is 0 Å². The zero-order valence-corrected chi connectivity index (χ0v) is 13.0. The first-order chi connectivity index (χ1) is 10.5. The minimum atomic E-state index is -0.477. The van der Waals surface area contributed by atoms with Gasteiger partial charge in [-0.15, -0.1) is 0 Å². The van der Waals surface area contributed by atoms with Crippen LogP contribution in [0, 0.1) is 5.82 Å². The van der Waals surface area contributed by atoms with Gasteiger partial charge in [0.05, 0.1) is 5.02 Å². The number of benzene rings is 1. The lowest BCUT2D eigenvalue weighted by molar-refractivity contribution is 0.291. The number of hydrogen-bond donors (Lipinski definition) is 0. The molecule has 0 spiro atoms. The number of hydrogen-bond acceptors (Lipinski definition) is 4. The average molecular weight is 324 g/mol. The van der Waals surface area contributed by atoms with Crippen molar-refractivity contribution in [2.45, 2.75) is 26.1 Å².